The van der Waals surface area contributed by atoms with Crippen molar-refractivity contribution in [1.29, 1.82) is 0 Å². The summed E-state index contributed by atoms with van der Waals surface area (Å²) < 4.78 is 0. The third-order valence-corrected chi connectivity index (χ3v) is 3.28. The molecule has 0 heterocycles. The Morgan fingerprint density at radius 3 is 2.53 bits per heavy atom. The van der Waals surface area contributed by atoms with E-state index in [4.69, 9.17) is 5.11 Å². The lowest BCUT2D eigenvalue weighted by molar-refractivity contribution is 0.165. The van der Waals surface area contributed by atoms with Crippen LogP contribution in [0.15, 0.2) is 42.5 Å². The Labute approximate surface area is 103 Å². The largest absolute Gasteiger partial charge is 0.396 e. The van der Waals surface area contributed by atoms with E-state index >= 15 is 0 Å². The van der Waals surface area contributed by atoms with E-state index in [1.165, 1.54) is 12.8 Å². The average molecular weight is 232 g/mol. The van der Waals surface area contributed by atoms with E-state index in [1.54, 1.807) is 0 Å². The van der Waals surface area contributed by atoms with Gasteiger partial charge < -0.3 is 10.2 Å². The number of aliphatic hydroxyl groups excluding tert-OH is 2. The number of allylic oxidation sites excluding steroid dienone is 1. The van der Waals surface area contributed by atoms with Crippen molar-refractivity contribution < 1.29 is 10.2 Å². The van der Waals surface area contributed by atoms with Gasteiger partial charge in [0.25, 0.3) is 0 Å². The molecule has 1 aromatic carbocycles. The third kappa shape index (κ3) is 3.69. The molecule has 0 aromatic heterocycles. The summed E-state index contributed by atoms with van der Waals surface area (Å²) in [5.41, 5.74) is 1.09. The smallest absolute Gasteiger partial charge is 0.0790 e. The van der Waals surface area contributed by atoms with Crippen LogP contribution in [0.5, 0.6) is 0 Å². The van der Waals surface area contributed by atoms with Gasteiger partial charge in [-0.05, 0) is 30.7 Å². The Morgan fingerprint density at radius 1 is 1.24 bits per heavy atom. The highest BCUT2D eigenvalue weighted by Gasteiger charge is 2.21. The van der Waals surface area contributed by atoms with Gasteiger partial charge in [-0.1, -0.05) is 42.5 Å². The minimum Gasteiger partial charge on any atom is -0.396 e. The van der Waals surface area contributed by atoms with Gasteiger partial charge in [-0.15, -0.1) is 0 Å². The van der Waals surface area contributed by atoms with Crippen molar-refractivity contribution in [2.75, 3.05) is 6.61 Å². The number of aliphatic hydroxyl groups is 2. The molecule has 92 valence electrons. The van der Waals surface area contributed by atoms with Gasteiger partial charge in [-0.25, -0.2) is 0 Å². The fraction of sp³-hybridized carbons (Fsp3) is 0.467. The van der Waals surface area contributed by atoms with E-state index in [0.717, 1.165) is 5.56 Å². The molecule has 1 fully saturated rings. The lowest BCUT2D eigenvalue weighted by Crippen LogP contribution is -2.17. The second-order valence-corrected chi connectivity index (χ2v) is 4.74. The van der Waals surface area contributed by atoms with E-state index in [-0.39, 0.29) is 12.5 Å². The molecule has 1 aliphatic carbocycles. The van der Waals surface area contributed by atoms with Gasteiger partial charge in [0.2, 0.25) is 0 Å². The number of benzene rings is 1. The second kappa shape index (κ2) is 5.99. The molecule has 0 saturated heterocycles. The molecule has 2 nitrogen and oxygen atoms in total. The van der Waals surface area contributed by atoms with Crippen molar-refractivity contribution in [2.45, 2.75) is 31.3 Å². The molecule has 1 aliphatic rings. The summed E-state index contributed by atoms with van der Waals surface area (Å²) in [6, 6.07) is 9.92. The zero-order valence-electron chi connectivity index (χ0n) is 10.00. The maximum absolute atomic E-state index is 10.2. The predicted octanol–water partition coefficient (Wildman–Crippen LogP) is 2.48. The molecule has 0 radical (unpaired) electrons. The molecule has 2 rings (SSSR count). The van der Waals surface area contributed by atoms with E-state index < -0.39 is 6.10 Å². The molecular weight excluding hydrogens is 212 g/mol. The summed E-state index contributed by atoms with van der Waals surface area (Å²) in [4.78, 5) is 0. The van der Waals surface area contributed by atoms with Crippen LogP contribution in [0.2, 0.25) is 0 Å². The highest BCUT2D eigenvalue weighted by Crippen LogP contribution is 2.31. The highest BCUT2D eigenvalue weighted by atomic mass is 16.3. The molecule has 1 aromatic rings. The van der Waals surface area contributed by atoms with Gasteiger partial charge in [0.05, 0.1) is 6.10 Å². The summed E-state index contributed by atoms with van der Waals surface area (Å²) in [5, 5.41) is 19.3. The first-order valence-electron chi connectivity index (χ1n) is 6.33. The van der Waals surface area contributed by atoms with Crippen molar-refractivity contribution in [2.24, 2.45) is 5.92 Å². The Balaban J connectivity index is 2.04. The summed E-state index contributed by atoms with van der Waals surface area (Å²) >= 11 is 0. The molecular formula is C15H20O2. The van der Waals surface area contributed by atoms with Gasteiger partial charge in [0.1, 0.15) is 0 Å². The standard InChI is InChI=1S/C15H20O2/c16-11-10-14(13-4-2-1-3-5-13)15(17)9-8-12-6-7-12/h1-5,8-9,12,14-17H,6-7,10-11H2/b9-8+. The summed E-state index contributed by atoms with van der Waals surface area (Å²) in [5.74, 6) is 0.673. The van der Waals surface area contributed by atoms with Crippen LogP contribution in [-0.2, 0) is 0 Å². The Morgan fingerprint density at radius 2 is 1.94 bits per heavy atom. The normalized spacial score (nSPS) is 19.4. The average Bonchev–Trinajstić information content (AvgIpc) is 3.18. The van der Waals surface area contributed by atoms with Gasteiger partial charge >= 0.3 is 0 Å². The summed E-state index contributed by atoms with van der Waals surface area (Å²) in [6.07, 6.45) is 6.60. The topological polar surface area (TPSA) is 40.5 Å². The first kappa shape index (κ1) is 12.3. The van der Waals surface area contributed by atoms with Crippen molar-refractivity contribution >= 4 is 0 Å². The molecule has 0 spiro atoms. The predicted molar refractivity (Wildman–Crippen MR) is 68.8 cm³/mol. The van der Waals surface area contributed by atoms with Crippen LogP contribution in [-0.4, -0.2) is 22.9 Å². The highest BCUT2D eigenvalue weighted by molar-refractivity contribution is 5.22. The van der Waals surface area contributed by atoms with Gasteiger partial charge in [0.15, 0.2) is 0 Å². The Hall–Kier alpha value is -1.12. The monoisotopic (exact) mass is 232 g/mol. The Kier molecular flexibility index (Phi) is 4.35. The SMILES string of the molecule is OCCC(c1ccccc1)C(O)/C=C/C1CC1. The quantitative estimate of drug-likeness (QED) is 0.740. The van der Waals surface area contributed by atoms with Gasteiger partial charge in [0, 0.05) is 12.5 Å². The fourth-order valence-electron chi connectivity index (χ4n) is 2.07. The molecule has 2 unspecified atom stereocenters. The molecule has 0 bridgehead atoms. The van der Waals surface area contributed by atoms with Crippen LogP contribution in [0.4, 0.5) is 0 Å². The maximum atomic E-state index is 10.2. The van der Waals surface area contributed by atoms with E-state index in [0.29, 0.717) is 12.3 Å². The number of hydrogen-bond acceptors (Lipinski definition) is 2. The molecule has 1 saturated carbocycles. The van der Waals surface area contributed by atoms with Crippen LogP contribution in [0.1, 0.15) is 30.7 Å². The summed E-state index contributed by atoms with van der Waals surface area (Å²) in [7, 11) is 0. The lowest BCUT2D eigenvalue weighted by Gasteiger charge is -2.20. The summed E-state index contributed by atoms with van der Waals surface area (Å²) in [6.45, 7) is 0.105. The van der Waals surface area contributed by atoms with Gasteiger partial charge in [-0.2, -0.15) is 0 Å². The third-order valence-electron chi connectivity index (χ3n) is 3.28. The second-order valence-electron chi connectivity index (χ2n) is 4.74. The lowest BCUT2D eigenvalue weighted by atomic mass is 9.90. The number of rotatable bonds is 6. The molecule has 0 aliphatic heterocycles. The van der Waals surface area contributed by atoms with Gasteiger partial charge in [-0.3, -0.25) is 0 Å². The molecule has 0 amide bonds. The van der Waals surface area contributed by atoms with Crippen molar-refractivity contribution in [3.63, 3.8) is 0 Å². The zero-order chi connectivity index (χ0) is 12.1. The fourth-order valence-corrected chi connectivity index (χ4v) is 2.07. The van der Waals surface area contributed by atoms with Crippen molar-refractivity contribution in [3.05, 3.63) is 48.0 Å². The van der Waals surface area contributed by atoms with Crippen molar-refractivity contribution in [1.82, 2.24) is 0 Å². The number of hydrogen-bond donors (Lipinski definition) is 2. The minimum atomic E-state index is -0.495. The molecule has 2 atom stereocenters. The first-order valence-corrected chi connectivity index (χ1v) is 6.33. The van der Waals surface area contributed by atoms with Crippen LogP contribution in [0, 0.1) is 5.92 Å². The molecule has 17 heavy (non-hydrogen) atoms. The van der Waals surface area contributed by atoms with E-state index in [9.17, 15) is 5.11 Å². The van der Waals surface area contributed by atoms with Crippen LogP contribution < -0.4 is 0 Å². The van der Waals surface area contributed by atoms with Crippen LogP contribution in [0.25, 0.3) is 0 Å². The molecule has 2 N–H and O–H groups in total. The zero-order valence-corrected chi connectivity index (χ0v) is 10.00. The maximum Gasteiger partial charge on any atom is 0.0790 e. The van der Waals surface area contributed by atoms with E-state index in [1.807, 2.05) is 36.4 Å². The van der Waals surface area contributed by atoms with Crippen LogP contribution in [0.3, 0.4) is 0 Å². The first-order chi connectivity index (χ1) is 8.31. The van der Waals surface area contributed by atoms with Crippen molar-refractivity contribution in [3.8, 4) is 0 Å². The minimum absolute atomic E-state index is 0.00352. The van der Waals surface area contributed by atoms with E-state index in [2.05, 4.69) is 6.08 Å². The molecule has 2 heteroatoms. The Bertz CT molecular complexity index is 354. The van der Waals surface area contributed by atoms with Crippen LogP contribution >= 0.6 is 0 Å².